The molecule has 2 heterocycles. The molecule has 2 aromatic carbocycles. The van der Waals surface area contributed by atoms with Crippen molar-refractivity contribution in [3.05, 3.63) is 77.5 Å². The van der Waals surface area contributed by atoms with E-state index < -0.39 is 0 Å². The summed E-state index contributed by atoms with van der Waals surface area (Å²) in [7, 11) is 0. The number of rotatable bonds is 5. The number of allylic oxidation sites excluding steroid dienone is 1. The van der Waals surface area contributed by atoms with Crippen molar-refractivity contribution in [1.29, 1.82) is 5.41 Å². The van der Waals surface area contributed by atoms with Crippen LogP contribution in [0.5, 0.6) is 0 Å². The molecular formula is C28H31N5. The highest BCUT2D eigenvalue weighted by atomic mass is 15.3. The number of aryl methyl sites for hydroxylation is 1. The van der Waals surface area contributed by atoms with Crippen LogP contribution in [0.2, 0.25) is 0 Å². The molecule has 168 valence electrons. The minimum atomic E-state index is 0.646. The molecule has 0 amide bonds. The topological polar surface area (TPSA) is 69.2 Å². The number of piperazine rings is 1. The van der Waals surface area contributed by atoms with Crippen molar-refractivity contribution in [3.63, 3.8) is 0 Å². The molecule has 0 bridgehead atoms. The Kier molecular flexibility index (Phi) is 5.41. The van der Waals surface area contributed by atoms with Gasteiger partial charge in [0.05, 0.1) is 11.2 Å². The summed E-state index contributed by atoms with van der Waals surface area (Å²) in [6, 6.07) is 12.5. The Hall–Kier alpha value is -3.60. The minimum absolute atomic E-state index is 0.646. The Bertz CT molecular complexity index is 1260. The maximum absolute atomic E-state index is 7.88. The molecule has 0 radical (unpaired) electrons. The van der Waals surface area contributed by atoms with E-state index in [4.69, 9.17) is 16.1 Å². The van der Waals surface area contributed by atoms with Crippen molar-refractivity contribution in [2.24, 2.45) is 0 Å². The number of anilines is 1. The second-order valence-corrected chi connectivity index (χ2v) is 9.11. The van der Waals surface area contributed by atoms with E-state index in [-0.39, 0.29) is 0 Å². The van der Waals surface area contributed by atoms with Gasteiger partial charge in [-0.2, -0.15) is 0 Å². The van der Waals surface area contributed by atoms with Crippen LogP contribution in [0, 0.1) is 5.41 Å². The lowest BCUT2D eigenvalue weighted by molar-refractivity contribution is 0.215. The summed E-state index contributed by atoms with van der Waals surface area (Å²) < 4.78 is 0. The van der Waals surface area contributed by atoms with Gasteiger partial charge in [-0.1, -0.05) is 37.4 Å². The maximum Gasteiger partial charge on any atom is 0.0744 e. The second kappa shape index (κ2) is 8.39. The number of benzene rings is 2. The molecule has 3 aromatic rings. The number of nitrogens with zero attached hydrogens (tertiary/aromatic N) is 3. The van der Waals surface area contributed by atoms with Crippen LogP contribution in [-0.2, 0) is 12.8 Å². The fourth-order valence-electron chi connectivity index (χ4n) is 5.26. The molecule has 0 saturated carbocycles. The molecule has 1 aliphatic carbocycles. The van der Waals surface area contributed by atoms with Crippen LogP contribution in [0.4, 0.5) is 5.69 Å². The monoisotopic (exact) mass is 437 g/mol. The summed E-state index contributed by atoms with van der Waals surface area (Å²) in [5.41, 5.74) is 16.7. The van der Waals surface area contributed by atoms with Gasteiger partial charge in [-0.25, -0.2) is 4.98 Å². The van der Waals surface area contributed by atoms with Crippen LogP contribution in [0.3, 0.4) is 0 Å². The lowest BCUT2D eigenvalue weighted by Gasteiger charge is -2.38. The molecule has 0 atom stereocenters. The first kappa shape index (κ1) is 21.3. The summed E-state index contributed by atoms with van der Waals surface area (Å²) in [5, 5.41) is 8.93. The van der Waals surface area contributed by atoms with Gasteiger partial charge in [-0.15, -0.1) is 0 Å². The summed E-state index contributed by atoms with van der Waals surface area (Å²) in [4.78, 5) is 9.75. The Labute approximate surface area is 195 Å². The fourth-order valence-corrected chi connectivity index (χ4v) is 5.26. The Balaban J connectivity index is 1.46. The fraction of sp³-hybridized carbons (Fsp3) is 0.286. The number of hydrogen-bond donors (Lipinski definition) is 2. The van der Waals surface area contributed by atoms with Gasteiger partial charge in [0.25, 0.3) is 0 Å². The maximum atomic E-state index is 7.88. The average Bonchev–Trinajstić information content (AvgIpc) is 3.33. The van der Waals surface area contributed by atoms with Crippen molar-refractivity contribution in [1.82, 2.24) is 14.8 Å². The number of fused-ring (bicyclic) bond motifs is 3. The Morgan fingerprint density at radius 1 is 0.970 bits per heavy atom. The molecule has 1 fully saturated rings. The van der Waals surface area contributed by atoms with Gasteiger partial charge in [0, 0.05) is 66.0 Å². The highest BCUT2D eigenvalue weighted by Gasteiger charge is 2.23. The summed E-state index contributed by atoms with van der Waals surface area (Å²) in [5.74, 6) is 0. The molecule has 5 nitrogen and oxygen atoms in total. The van der Waals surface area contributed by atoms with Gasteiger partial charge in [-0.05, 0) is 55.0 Å². The van der Waals surface area contributed by atoms with Crippen molar-refractivity contribution < 1.29 is 0 Å². The highest BCUT2D eigenvalue weighted by molar-refractivity contribution is 6.05. The zero-order chi connectivity index (χ0) is 23.1. The smallest absolute Gasteiger partial charge is 0.0744 e. The minimum Gasteiger partial charge on any atom is -0.398 e. The number of nitrogen functional groups attached to an aromatic ring is 1. The largest absolute Gasteiger partial charge is 0.398 e. The van der Waals surface area contributed by atoms with E-state index in [0.717, 1.165) is 90.1 Å². The number of nitrogens with one attached hydrogen (secondary N) is 1. The van der Waals surface area contributed by atoms with Crippen molar-refractivity contribution in [3.8, 4) is 11.3 Å². The summed E-state index contributed by atoms with van der Waals surface area (Å²) in [6.45, 7) is 14.4. The first-order valence-electron chi connectivity index (χ1n) is 11.7. The first-order valence-corrected chi connectivity index (χ1v) is 11.7. The highest BCUT2D eigenvalue weighted by Crippen LogP contribution is 2.38. The van der Waals surface area contributed by atoms with E-state index in [2.05, 4.69) is 54.1 Å². The standard InChI is InChI=1S/C28H31N5/c1-18(2)32-13-15-33(16-14-32)19(3)20-7-9-21(10-8-20)28-23-6-4-5-22(23)27-24(17-29)25(30)11-12-26(27)31-28/h7-12,17,29H,1,3-6,13-16,30H2,2H3. The van der Waals surface area contributed by atoms with Gasteiger partial charge in [-0.3, -0.25) is 0 Å². The number of nitrogens with two attached hydrogens (primary N) is 1. The van der Waals surface area contributed by atoms with Gasteiger partial charge in [0.15, 0.2) is 0 Å². The van der Waals surface area contributed by atoms with Gasteiger partial charge >= 0.3 is 0 Å². The van der Waals surface area contributed by atoms with E-state index in [9.17, 15) is 0 Å². The molecule has 0 spiro atoms. The molecule has 3 N–H and O–H groups in total. The molecule has 2 aliphatic rings. The third-order valence-electron chi connectivity index (χ3n) is 7.13. The van der Waals surface area contributed by atoms with Crippen molar-refractivity contribution in [2.75, 3.05) is 31.9 Å². The lowest BCUT2D eigenvalue weighted by atomic mass is 9.95. The molecule has 33 heavy (non-hydrogen) atoms. The van der Waals surface area contributed by atoms with Crippen LogP contribution < -0.4 is 5.73 Å². The van der Waals surface area contributed by atoms with E-state index in [0.29, 0.717) is 5.69 Å². The zero-order valence-electron chi connectivity index (χ0n) is 19.3. The van der Waals surface area contributed by atoms with E-state index in [1.807, 2.05) is 12.1 Å². The van der Waals surface area contributed by atoms with Gasteiger partial charge in [0.1, 0.15) is 0 Å². The van der Waals surface area contributed by atoms with Crippen LogP contribution in [0.15, 0.2) is 55.3 Å². The lowest BCUT2D eigenvalue weighted by Crippen LogP contribution is -2.44. The van der Waals surface area contributed by atoms with Crippen LogP contribution in [0.1, 0.15) is 35.6 Å². The predicted octanol–water partition coefficient (Wildman–Crippen LogP) is 5.09. The van der Waals surface area contributed by atoms with Gasteiger partial charge < -0.3 is 20.9 Å². The number of pyridine rings is 1. The van der Waals surface area contributed by atoms with E-state index in [1.165, 1.54) is 17.3 Å². The van der Waals surface area contributed by atoms with E-state index in [1.54, 1.807) is 0 Å². The molecular weight excluding hydrogens is 406 g/mol. The molecule has 5 rings (SSSR count). The van der Waals surface area contributed by atoms with Gasteiger partial charge in [0.2, 0.25) is 0 Å². The van der Waals surface area contributed by atoms with Crippen LogP contribution in [0.25, 0.3) is 27.9 Å². The number of hydrogen-bond acceptors (Lipinski definition) is 5. The molecule has 1 aliphatic heterocycles. The quantitative estimate of drug-likeness (QED) is 0.431. The molecule has 0 unspecified atom stereocenters. The summed E-state index contributed by atoms with van der Waals surface area (Å²) >= 11 is 0. The Morgan fingerprint density at radius 2 is 1.64 bits per heavy atom. The third-order valence-corrected chi connectivity index (χ3v) is 7.13. The van der Waals surface area contributed by atoms with Crippen LogP contribution in [-0.4, -0.2) is 47.2 Å². The molecule has 1 aromatic heterocycles. The Morgan fingerprint density at radius 3 is 2.30 bits per heavy atom. The predicted molar refractivity (Wildman–Crippen MR) is 138 cm³/mol. The van der Waals surface area contributed by atoms with E-state index >= 15 is 0 Å². The average molecular weight is 438 g/mol. The summed E-state index contributed by atoms with van der Waals surface area (Å²) in [6.07, 6.45) is 4.51. The first-order chi connectivity index (χ1) is 16.0. The van der Waals surface area contributed by atoms with Crippen LogP contribution >= 0.6 is 0 Å². The van der Waals surface area contributed by atoms with Crippen molar-refractivity contribution >= 4 is 28.5 Å². The zero-order valence-corrected chi connectivity index (χ0v) is 19.3. The number of aromatic nitrogens is 1. The second-order valence-electron chi connectivity index (χ2n) is 9.11. The normalized spacial score (nSPS) is 15.5. The van der Waals surface area contributed by atoms with Crippen molar-refractivity contribution in [2.45, 2.75) is 26.2 Å². The SMILES string of the molecule is C=C(C)N1CCN(C(=C)c2ccc(-c3nc4ccc(N)c(C=N)c4c4c3CCC4)cc2)CC1. The third kappa shape index (κ3) is 3.67. The molecule has 5 heteroatoms. The molecule has 1 saturated heterocycles.